The minimum absolute atomic E-state index is 0.394. The summed E-state index contributed by atoms with van der Waals surface area (Å²) in [5, 5.41) is 0. The second-order valence-electron chi connectivity index (χ2n) is 4.46. The molecule has 1 aromatic heterocycles. The number of piperidine rings is 1. The van der Waals surface area contributed by atoms with E-state index in [1.165, 1.54) is 19.4 Å². The Kier molecular flexibility index (Phi) is 3.29. The van der Waals surface area contributed by atoms with Gasteiger partial charge in [-0.15, -0.1) is 0 Å². The molecule has 1 saturated heterocycles. The van der Waals surface area contributed by atoms with Crippen molar-refractivity contribution in [2.45, 2.75) is 18.9 Å². The van der Waals surface area contributed by atoms with Gasteiger partial charge in [-0.25, -0.2) is 0 Å². The normalized spacial score (nSPS) is 22.0. The number of hydrogen-bond donors (Lipinski definition) is 0. The minimum atomic E-state index is 0.394. The van der Waals surface area contributed by atoms with Gasteiger partial charge in [0.15, 0.2) is 17.9 Å². The van der Waals surface area contributed by atoms with Gasteiger partial charge in [0.05, 0.1) is 0 Å². The molecule has 1 aliphatic rings. The van der Waals surface area contributed by atoms with Crippen molar-refractivity contribution in [1.29, 1.82) is 0 Å². The smallest absolute Gasteiger partial charge is 0.196 e. The molecule has 0 saturated carbocycles. The Balaban J connectivity index is 2.05. The van der Waals surface area contributed by atoms with E-state index in [-0.39, 0.29) is 0 Å². The zero-order valence-electron chi connectivity index (χ0n) is 9.85. The minimum Gasteiger partial charge on any atom is -0.438 e. The van der Waals surface area contributed by atoms with Crippen molar-refractivity contribution in [3.63, 3.8) is 0 Å². The molecular formula is C12H18N2O2. The van der Waals surface area contributed by atoms with Gasteiger partial charge in [0.1, 0.15) is 0 Å². The summed E-state index contributed by atoms with van der Waals surface area (Å²) < 4.78 is 5.42. The number of furan rings is 1. The third-order valence-corrected chi connectivity index (χ3v) is 3.22. The molecule has 0 aromatic carbocycles. The van der Waals surface area contributed by atoms with Gasteiger partial charge >= 0.3 is 0 Å². The highest BCUT2D eigenvalue weighted by molar-refractivity contribution is 5.71. The average molecular weight is 222 g/mol. The fraction of sp³-hybridized carbons (Fsp3) is 0.583. The van der Waals surface area contributed by atoms with Gasteiger partial charge in [0, 0.05) is 25.7 Å². The number of carbonyl (C=O) groups excluding carboxylic acids is 1. The number of anilines is 1. The molecular weight excluding hydrogens is 204 g/mol. The van der Waals surface area contributed by atoms with Crippen molar-refractivity contribution in [2.24, 2.45) is 0 Å². The Morgan fingerprint density at radius 2 is 2.38 bits per heavy atom. The van der Waals surface area contributed by atoms with E-state index in [1.807, 2.05) is 13.1 Å². The maximum Gasteiger partial charge on any atom is 0.196 e. The summed E-state index contributed by atoms with van der Waals surface area (Å²) in [5.41, 5.74) is 0. The molecule has 2 heterocycles. The Labute approximate surface area is 95.8 Å². The van der Waals surface area contributed by atoms with Crippen LogP contribution in [0.15, 0.2) is 16.5 Å². The number of carbonyl (C=O) groups is 1. The highest BCUT2D eigenvalue weighted by Gasteiger charge is 2.22. The van der Waals surface area contributed by atoms with E-state index in [4.69, 9.17) is 4.42 Å². The predicted molar refractivity (Wildman–Crippen MR) is 63.0 cm³/mol. The SMILES string of the molecule is CN1CCCC(N(C)c2ccc(C=O)o2)C1. The van der Waals surface area contributed by atoms with Crippen molar-refractivity contribution < 1.29 is 9.21 Å². The van der Waals surface area contributed by atoms with Crippen molar-refractivity contribution in [1.82, 2.24) is 4.90 Å². The van der Waals surface area contributed by atoms with Crippen LogP contribution >= 0.6 is 0 Å². The van der Waals surface area contributed by atoms with Crippen molar-refractivity contribution in [2.75, 3.05) is 32.1 Å². The second-order valence-corrected chi connectivity index (χ2v) is 4.46. The number of aldehydes is 1. The Morgan fingerprint density at radius 1 is 1.56 bits per heavy atom. The monoisotopic (exact) mass is 222 g/mol. The largest absolute Gasteiger partial charge is 0.438 e. The molecule has 1 fully saturated rings. The lowest BCUT2D eigenvalue weighted by molar-refractivity contribution is 0.110. The third kappa shape index (κ3) is 2.27. The fourth-order valence-electron chi connectivity index (χ4n) is 2.23. The van der Waals surface area contributed by atoms with Gasteiger partial charge in [-0.1, -0.05) is 0 Å². The molecule has 1 unspecified atom stereocenters. The quantitative estimate of drug-likeness (QED) is 0.728. The average Bonchev–Trinajstić information content (AvgIpc) is 2.76. The lowest BCUT2D eigenvalue weighted by Crippen LogP contribution is -2.44. The molecule has 0 radical (unpaired) electrons. The molecule has 2 rings (SSSR count). The molecule has 1 atom stereocenters. The molecule has 1 aliphatic heterocycles. The zero-order chi connectivity index (χ0) is 11.5. The van der Waals surface area contributed by atoms with Gasteiger partial charge in [-0.05, 0) is 32.5 Å². The molecule has 0 N–H and O–H groups in total. The van der Waals surface area contributed by atoms with Crippen LogP contribution in [0.4, 0.5) is 5.88 Å². The maximum absolute atomic E-state index is 10.6. The van der Waals surface area contributed by atoms with Crippen LogP contribution in [0, 0.1) is 0 Å². The van der Waals surface area contributed by atoms with Gasteiger partial charge in [0.25, 0.3) is 0 Å². The van der Waals surface area contributed by atoms with Crippen molar-refractivity contribution in [3.05, 3.63) is 17.9 Å². The molecule has 16 heavy (non-hydrogen) atoms. The summed E-state index contributed by atoms with van der Waals surface area (Å²) in [4.78, 5) is 15.0. The van der Waals surface area contributed by atoms with Crippen LogP contribution in [0.25, 0.3) is 0 Å². The van der Waals surface area contributed by atoms with Crippen molar-refractivity contribution >= 4 is 12.2 Å². The van der Waals surface area contributed by atoms with E-state index >= 15 is 0 Å². The Hall–Kier alpha value is -1.29. The van der Waals surface area contributed by atoms with Crippen LogP contribution in [-0.2, 0) is 0 Å². The van der Waals surface area contributed by atoms with E-state index in [0.29, 0.717) is 11.8 Å². The first-order valence-corrected chi connectivity index (χ1v) is 5.67. The van der Waals surface area contributed by atoms with E-state index in [0.717, 1.165) is 18.7 Å². The molecule has 4 nitrogen and oxygen atoms in total. The second kappa shape index (κ2) is 4.70. The summed E-state index contributed by atoms with van der Waals surface area (Å²) in [6.45, 7) is 2.22. The van der Waals surface area contributed by atoms with Crippen LogP contribution in [0.2, 0.25) is 0 Å². The first kappa shape index (κ1) is 11.2. The number of likely N-dealkylation sites (N-methyl/N-ethyl adjacent to an activating group) is 2. The number of rotatable bonds is 3. The van der Waals surface area contributed by atoms with Gasteiger partial charge < -0.3 is 14.2 Å². The van der Waals surface area contributed by atoms with Crippen LogP contribution < -0.4 is 4.90 Å². The number of likely N-dealkylation sites (tertiary alicyclic amines) is 1. The van der Waals surface area contributed by atoms with Crippen LogP contribution in [0.3, 0.4) is 0 Å². The van der Waals surface area contributed by atoms with Crippen molar-refractivity contribution in [3.8, 4) is 0 Å². The Morgan fingerprint density at radius 3 is 3.00 bits per heavy atom. The summed E-state index contributed by atoms with van der Waals surface area (Å²) in [6.07, 6.45) is 3.13. The molecule has 88 valence electrons. The summed E-state index contributed by atoms with van der Waals surface area (Å²) in [5.74, 6) is 1.17. The van der Waals surface area contributed by atoms with E-state index < -0.39 is 0 Å². The molecule has 0 amide bonds. The first-order valence-electron chi connectivity index (χ1n) is 5.67. The highest BCUT2D eigenvalue weighted by Crippen LogP contribution is 2.22. The standard InChI is InChI=1S/C12H18N2O2/c1-13-7-3-4-10(8-13)14(2)12-6-5-11(9-15)16-12/h5-6,9-10H,3-4,7-8H2,1-2H3. The number of nitrogens with zero attached hydrogens (tertiary/aromatic N) is 2. The van der Waals surface area contributed by atoms with E-state index in [9.17, 15) is 4.79 Å². The molecule has 1 aromatic rings. The fourth-order valence-corrected chi connectivity index (χ4v) is 2.23. The molecule has 0 spiro atoms. The van der Waals surface area contributed by atoms with Gasteiger partial charge in [0.2, 0.25) is 0 Å². The molecule has 0 bridgehead atoms. The van der Waals surface area contributed by atoms with Crippen LogP contribution in [0.1, 0.15) is 23.4 Å². The lowest BCUT2D eigenvalue weighted by Gasteiger charge is -2.35. The summed E-state index contributed by atoms with van der Waals surface area (Å²) in [7, 11) is 4.16. The molecule has 4 heteroatoms. The first-order chi connectivity index (χ1) is 7.70. The third-order valence-electron chi connectivity index (χ3n) is 3.22. The number of hydrogen-bond acceptors (Lipinski definition) is 4. The molecule has 0 aliphatic carbocycles. The van der Waals surface area contributed by atoms with E-state index in [1.54, 1.807) is 6.07 Å². The highest BCUT2D eigenvalue weighted by atomic mass is 16.4. The topological polar surface area (TPSA) is 36.7 Å². The van der Waals surface area contributed by atoms with Gasteiger partial charge in [-0.3, -0.25) is 4.79 Å². The Bertz CT molecular complexity index is 362. The van der Waals surface area contributed by atoms with Gasteiger partial charge in [-0.2, -0.15) is 0 Å². The van der Waals surface area contributed by atoms with E-state index in [2.05, 4.69) is 16.8 Å². The summed E-state index contributed by atoms with van der Waals surface area (Å²) >= 11 is 0. The van der Waals surface area contributed by atoms with Crippen LogP contribution in [-0.4, -0.2) is 44.4 Å². The van der Waals surface area contributed by atoms with Crippen LogP contribution in [0.5, 0.6) is 0 Å². The summed E-state index contributed by atoms with van der Waals surface area (Å²) in [6, 6.07) is 4.05. The zero-order valence-corrected chi connectivity index (χ0v) is 9.85. The predicted octanol–water partition coefficient (Wildman–Crippen LogP) is 1.62. The lowest BCUT2D eigenvalue weighted by atomic mass is 10.1. The maximum atomic E-state index is 10.6.